The van der Waals surface area contributed by atoms with Gasteiger partial charge in [-0.05, 0) is 19.9 Å². The SMILES string of the molecule is C=Cc1c(C=N)cnn1C(C)C.CC. The summed E-state index contributed by atoms with van der Waals surface area (Å²) in [4.78, 5) is 0. The lowest BCUT2D eigenvalue weighted by Gasteiger charge is -2.07. The molecule has 0 aliphatic heterocycles. The molecule has 3 nitrogen and oxygen atoms in total. The molecule has 0 aromatic carbocycles. The van der Waals surface area contributed by atoms with Gasteiger partial charge in [-0.1, -0.05) is 20.4 Å². The van der Waals surface area contributed by atoms with Gasteiger partial charge < -0.3 is 5.41 Å². The molecule has 0 unspecified atom stereocenters. The van der Waals surface area contributed by atoms with Gasteiger partial charge in [0, 0.05) is 17.8 Å². The van der Waals surface area contributed by atoms with Gasteiger partial charge >= 0.3 is 0 Å². The predicted molar refractivity (Wildman–Crippen MR) is 61.9 cm³/mol. The number of nitrogens with one attached hydrogen (secondary N) is 1. The lowest BCUT2D eigenvalue weighted by Crippen LogP contribution is -2.04. The molecule has 3 heteroatoms. The minimum atomic E-state index is 0.312. The van der Waals surface area contributed by atoms with Crippen LogP contribution in [0, 0.1) is 5.41 Å². The Morgan fingerprint density at radius 1 is 1.50 bits per heavy atom. The Balaban J connectivity index is 0.000000791. The molecule has 1 rings (SSSR count). The molecule has 78 valence electrons. The summed E-state index contributed by atoms with van der Waals surface area (Å²) in [5.74, 6) is 0. The fourth-order valence-electron chi connectivity index (χ4n) is 1.12. The number of hydrogen-bond donors (Lipinski definition) is 1. The van der Waals surface area contributed by atoms with E-state index in [9.17, 15) is 0 Å². The van der Waals surface area contributed by atoms with E-state index in [2.05, 4.69) is 11.7 Å². The number of hydrogen-bond acceptors (Lipinski definition) is 2. The maximum Gasteiger partial charge on any atom is 0.0694 e. The molecule has 1 N–H and O–H groups in total. The topological polar surface area (TPSA) is 41.7 Å². The second kappa shape index (κ2) is 6.13. The van der Waals surface area contributed by atoms with Crippen molar-refractivity contribution in [2.24, 2.45) is 0 Å². The van der Waals surface area contributed by atoms with Crippen molar-refractivity contribution in [3.05, 3.63) is 24.0 Å². The normalized spacial score (nSPS) is 9.21. The van der Waals surface area contributed by atoms with E-state index >= 15 is 0 Å². The van der Waals surface area contributed by atoms with Gasteiger partial charge in [0.15, 0.2) is 0 Å². The highest BCUT2D eigenvalue weighted by Crippen LogP contribution is 2.12. The van der Waals surface area contributed by atoms with Crippen molar-refractivity contribution in [1.82, 2.24) is 9.78 Å². The molecular formula is C11H19N3. The second-order valence-electron chi connectivity index (χ2n) is 2.87. The largest absolute Gasteiger partial charge is 0.308 e. The Hall–Kier alpha value is -1.38. The van der Waals surface area contributed by atoms with Crippen LogP contribution in [0.1, 0.15) is 45.0 Å². The van der Waals surface area contributed by atoms with Crippen molar-refractivity contribution < 1.29 is 0 Å². The van der Waals surface area contributed by atoms with Crippen molar-refractivity contribution >= 4 is 12.3 Å². The standard InChI is InChI=1S/C9H13N3.C2H6/c1-4-9-8(5-10)6-11-12(9)7(2)3;1-2/h4-7,10H,1H2,2-3H3;1-2H3. The first-order valence-corrected chi connectivity index (χ1v) is 4.91. The van der Waals surface area contributed by atoms with E-state index in [0.29, 0.717) is 6.04 Å². The third kappa shape index (κ3) is 2.55. The van der Waals surface area contributed by atoms with E-state index in [0.717, 1.165) is 11.3 Å². The minimum absolute atomic E-state index is 0.312. The van der Waals surface area contributed by atoms with Crippen LogP contribution in [-0.4, -0.2) is 16.0 Å². The van der Waals surface area contributed by atoms with E-state index in [1.165, 1.54) is 6.21 Å². The maximum absolute atomic E-state index is 7.12. The second-order valence-corrected chi connectivity index (χ2v) is 2.87. The van der Waals surface area contributed by atoms with Gasteiger partial charge in [-0.25, -0.2) is 0 Å². The molecule has 0 atom stereocenters. The van der Waals surface area contributed by atoms with Crippen LogP contribution < -0.4 is 0 Å². The molecule has 0 amide bonds. The molecule has 0 fully saturated rings. The predicted octanol–water partition coefficient (Wildman–Crippen LogP) is 3.13. The summed E-state index contributed by atoms with van der Waals surface area (Å²) in [5, 5.41) is 11.3. The van der Waals surface area contributed by atoms with Gasteiger partial charge in [-0.15, -0.1) is 0 Å². The van der Waals surface area contributed by atoms with Crippen molar-refractivity contribution in [2.45, 2.75) is 33.7 Å². The fraction of sp³-hybridized carbons (Fsp3) is 0.455. The lowest BCUT2D eigenvalue weighted by molar-refractivity contribution is 0.528. The first kappa shape index (κ1) is 12.6. The van der Waals surface area contributed by atoms with Crippen LogP contribution in [0.3, 0.4) is 0 Å². The van der Waals surface area contributed by atoms with Crippen LogP contribution in [0.25, 0.3) is 6.08 Å². The molecule has 0 saturated heterocycles. The molecule has 0 aliphatic rings. The first-order valence-electron chi connectivity index (χ1n) is 4.91. The van der Waals surface area contributed by atoms with Crippen molar-refractivity contribution in [1.29, 1.82) is 5.41 Å². The van der Waals surface area contributed by atoms with Crippen molar-refractivity contribution in [3.63, 3.8) is 0 Å². The van der Waals surface area contributed by atoms with Crippen LogP contribution in [0.5, 0.6) is 0 Å². The molecule has 0 bridgehead atoms. The highest BCUT2D eigenvalue weighted by atomic mass is 15.3. The van der Waals surface area contributed by atoms with Gasteiger partial charge in [0.25, 0.3) is 0 Å². The summed E-state index contributed by atoms with van der Waals surface area (Å²) >= 11 is 0. The Morgan fingerprint density at radius 3 is 2.43 bits per heavy atom. The van der Waals surface area contributed by atoms with Crippen molar-refractivity contribution in [3.8, 4) is 0 Å². The van der Waals surface area contributed by atoms with Crippen LogP contribution in [0.15, 0.2) is 12.8 Å². The maximum atomic E-state index is 7.12. The zero-order valence-corrected chi connectivity index (χ0v) is 9.41. The molecular weight excluding hydrogens is 174 g/mol. The monoisotopic (exact) mass is 193 g/mol. The summed E-state index contributed by atoms with van der Waals surface area (Å²) in [6.07, 6.45) is 4.71. The van der Waals surface area contributed by atoms with E-state index < -0.39 is 0 Å². The smallest absolute Gasteiger partial charge is 0.0694 e. The van der Waals surface area contributed by atoms with E-state index in [4.69, 9.17) is 5.41 Å². The Kier molecular flexibility index (Phi) is 5.53. The summed E-state index contributed by atoms with van der Waals surface area (Å²) < 4.78 is 1.85. The quantitative estimate of drug-likeness (QED) is 0.736. The third-order valence-electron chi connectivity index (χ3n) is 1.70. The summed E-state index contributed by atoms with van der Waals surface area (Å²) in [6.45, 7) is 11.8. The van der Waals surface area contributed by atoms with Crippen LogP contribution in [0.4, 0.5) is 0 Å². The molecule has 0 saturated carbocycles. The van der Waals surface area contributed by atoms with Crippen LogP contribution in [0.2, 0.25) is 0 Å². The first-order chi connectivity index (χ1) is 6.70. The Bertz CT molecular complexity index is 297. The van der Waals surface area contributed by atoms with E-state index in [1.54, 1.807) is 12.3 Å². The zero-order valence-electron chi connectivity index (χ0n) is 9.41. The highest BCUT2D eigenvalue weighted by molar-refractivity contribution is 5.81. The van der Waals surface area contributed by atoms with E-state index in [1.807, 2.05) is 32.4 Å². The Labute approximate surface area is 86.0 Å². The number of rotatable bonds is 3. The fourth-order valence-corrected chi connectivity index (χ4v) is 1.12. The average molecular weight is 193 g/mol. The highest BCUT2D eigenvalue weighted by Gasteiger charge is 2.07. The summed E-state index contributed by atoms with van der Waals surface area (Å²) in [5.41, 5.74) is 1.73. The average Bonchev–Trinajstić information content (AvgIpc) is 2.63. The zero-order chi connectivity index (χ0) is 11.1. The molecule has 1 aromatic heterocycles. The third-order valence-corrected chi connectivity index (χ3v) is 1.70. The van der Waals surface area contributed by atoms with Crippen LogP contribution in [-0.2, 0) is 0 Å². The molecule has 0 radical (unpaired) electrons. The lowest BCUT2D eigenvalue weighted by atomic mass is 10.2. The van der Waals surface area contributed by atoms with Gasteiger partial charge in [0.1, 0.15) is 0 Å². The number of nitrogens with zero attached hydrogens (tertiary/aromatic N) is 2. The van der Waals surface area contributed by atoms with Gasteiger partial charge in [-0.2, -0.15) is 5.10 Å². The van der Waals surface area contributed by atoms with Crippen molar-refractivity contribution in [2.75, 3.05) is 0 Å². The summed E-state index contributed by atoms with van der Waals surface area (Å²) in [7, 11) is 0. The minimum Gasteiger partial charge on any atom is -0.308 e. The van der Waals surface area contributed by atoms with Crippen LogP contribution >= 0.6 is 0 Å². The molecule has 1 heterocycles. The molecule has 0 aliphatic carbocycles. The van der Waals surface area contributed by atoms with Gasteiger partial charge in [0.2, 0.25) is 0 Å². The molecule has 0 spiro atoms. The molecule has 1 aromatic rings. The van der Waals surface area contributed by atoms with Gasteiger partial charge in [-0.3, -0.25) is 4.68 Å². The number of aromatic nitrogens is 2. The molecule has 14 heavy (non-hydrogen) atoms. The van der Waals surface area contributed by atoms with E-state index in [-0.39, 0.29) is 0 Å². The Morgan fingerprint density at radius 2 is 2.07 bits per heavy atom. The summed E-state index contributed by atoms with van der Waals surface area (Å²) in [6, 6.07) is 0.312. The van der Waals surface area contributed by atoms with Gasteiger partial charge in [0.05, 0.1) is 11.9 Å².